The maximum absolute atomic E-state index is 12.9. The van der Waals surface area contributed by atoms with Crippen molar-refractivity contribution in [3.8, 4) is 5.75 Å². The highest BCUT2D eigenvalue weighted by Crippen LogP contribution is 2.34. The molecule has 0 spiro atoms. The summed E-state index contributed by atoms with van der Waals surface area (Å²) < 4.78 is 5.27. The summed E-state index contributed by atoms with van der Waals surface area (Å²) in [4.78, 5) is 25.5. The lowest BCUT2D eigenvalue weighted by atomic mass is 9.97. The van der Waals surface area contributed by atoms with Crippen LogP contribution in [0.15, 0.2) is 70.8 Å². The topological polar surface area (TPSA) is 67.3 Å². The lowest BCUT2D eigenvalue weighted by Gasteiger charge is -2.33. The highest BCUT2D eigenvalue weighted by atomic mass is 32.2. The van der Waals surface area contributed by atoms with Gasteiger partial charge in [-0.05, 0) is 49.6 Å². The minimum absolute atomic E-state index is 0.0758. The van der Waals surface area contributed by atoms with E-state index in [1.54, 1.807) is 31.3 Å². The third kappa shape index (κ3) is 5.59. The first-order valence-electron chi connectivity index (χ1n) is 10.8. The molecule has 2 aromatic carbocycles. The normalized spacial score (nSPS) is 15.9. The fraction of sp³-hybridized carbons (Fsp3) is 0.320. The van der Waals surface area contributed by atoms with Crippen LogP contribution in [0, 0.1) is 12.8 Å². The molecule has 1 N–H and O–H groups in total. The summed E-state index contributed by atoms with van der Waals surface area (Å²) in [5, 5.41) is 3.96. The molecular weight excluding hydrogens is 420 g/mol. The van der Waals surface area contributed by atoms with E-state index in [2.05, 4.69) is 51.4 Å². The number of piperidine rings is 1. The number of anilines is 1. The number of hydrogen-bond acceptors (Lipinski definition) is 6. The molecule has 4 rings (SSSR count). The van der Waals surface area contributed by atoms with Crippen LogP contribution in [-0.4, -0.2) is 36.1 Å². The second-order valence-electron chi connectivity index (χ2n) is 7.96. The Kier molecular flexibility index (Phi) is 7.27. The second-order valence-corrected chi connectivity index (χ2v) is 9.02. The van der Waals surface area contributed by atoms with Crippen LogP contribution in [0.3, 0.4) is 0 Å². The summed E-state index contributed by atoms with van der Waals surface area (Å²) in [5.41, 5.74) is 2.24. The Balaban J connectivity index is 1.42. The molecule has 6 nitrogen and oxygen atoms in total. The summed E-state index contributed by atoms with van der Waals surface area (Å²) in [7, 11) is 1.65. The highest BCUT2D eigenvalue weighted by Gasteiger charge is 2.28. The first-order valence-corrected chi connectivity index (χ1v) is 11.6. The van der Waals surface area contributed by atoms with Crippen LogP contribution in [0.25, 0.3) is 0 Å². The van der Waals surface area contributed by atoms with E-state index in [0.29, 0.717) is 13.1 Å². The van der Waals surface area contributed by atoms with Crippen molar-refractivity contribution >= 4 is 23.5 Å². The van der Waals surface area contributed by atoms with Gasteiger partial charge in [-0.15, -0.1) is 0 Å². The predicted octanol–water partition coefficient (Wildman–Crippen LogP) is 4.48. The van der Waals surface area contributed by atoms with Crippen LogP contribution in [-0.2, 0) is 11.3 Å². The summed E-state index contributed by atoms with van der Waals surface area (Å²) in [6.07, 6.45) is 5.27. The number of aryl methyl sites for hydroxylation is 1. The zero-order chi connectivity index (χ0) is 22.3. The fourth-order valence-corrected chi connectivity index (χ4v) is 4.90. The number of carbonyl (C=O) groups excluding carboxylic acids is 1. The molecule has 1 atom stereocenters. The van der Waals surface area contributed by atoms with Gasteiger partial charge in [0.05, 0.1) is 13.0 Å². The molecule has 1 amide bonds. The van der Waals surface area contributed by atoms with E-state index in [1.165, 1.54) is 5.56 Å². The number of carbonyl (C=O) groups is 1. The maximum atomic E-state index is 12.9. The third-order valence-electron chi connectivity index (χ3n) is 5.54. The predicted molar refractivity (Wildman–Crippen MR) is 127 cm³/mol. The number of nitrogens with zero attached hydrogens (tertiary/aromatic N) is 3. The van der Waals surface area contributed by atoms with E-state index in [-0.39, 0.29) is 11.8 Å². The van der Waals surface area contributed by atoms with Crippen molar-refractivity contribution in [1.82, 2.24) is 15.3 Å². The molecule has 7 heteroatoms. The minimum Gasteiger partial charge on any atom is -0.497 e. The maximum Gasteiger partial charge on any atom is 0.225 e. The van der Waals surface area contributed by atoms with Gasteiger partial charge in [-0.3, -0.25) is 4.79 Å². The van der Waals surface area contributed by atoms with E-state index in [0.717, 1.165) is 46.4 Å². The van der Waals surface area contributed by atoms with E-state index in [9.17, 15) is 4.79 Å². The summed E-state index contributed by atoms with van der Waals surface area (Å²) >= 11 is 1.61. The SMILES string of the molecule is COc1cccc(CNC(=O)[C@H]2CCCN(c3nccnc3Sc3cccc(C)c3)C2)c1. The van der Waals surface area contributed by atoms with Crippen LogP contribution in [0.5, 0.6) is 5.75 Å². The number of rotatable bonds is 7. The van der Waals surface area contributed by atoms with Gasteiger partial charge in [0.2, 0.25) is 5.91 Å². The molecule has 1 fully saturated rings. The number of nitrogens with one attached hydrogen (secondary N) is 1. The molecule has 1 aliphatic rings. The second kappa shape index (κ2) is 10.5. The molecule has 1 aromatic heterocycles. The number of hydrogen-bond donors (Lipinski definition) is 1. The monoisotopic (exact) mass is 448 g/mol. The molecule has 2 heterocycles. The summed E-state index contributed by atoms with van der Waals surface area (Å²) in [6, 6.07) is 16.1. The minimum atomic E-state index is -0.0758. The highest BCUT2D eigenvalue weighted by molar-refractivity contribution is 7.99. The molecule has 0 bridgehead atoms. The van der Waals surface area contributed by atoms with Crippen LogP contribution in [0.4, 0.5) is 5.82 Å². The van der Waals surface area contributed by atoms with Crippen molar-refractivity contribution in [3.05, 3.63) is 72.1 Å². The number of methoxy groups -OCH3 is 1. The van der Waals surface area contributed by atoms with Gasteiger partial charge in [0, 0.05) is 36.9 Å². The van der Waals surface area contributed by atoms with Gasteiger partial charge in [0.25, 0.3) is 0 Å². The van der Waals surface area contributed by atoms with Crippen molar-refractivity contribution in [2.75, 3.05) is 25.1 Å². The molecule has 1 aliphatic heterocycles. The Morgan fingerprint density at radius 2 is 2.03 bits per heavy atom. The lowest BCUT2D eigenvalue weighted by molar-refractivity contribution is -0.125. The van der Waals surface area contributed by atoms with Crippen LogP contribution >= 0.6 is 11.8 Å². The third-order valence-corrected chi connectivity index (χ3v) is 6.51. The molecule has 0 saturated carbocycles. The largest absolute Gasteiger partial charge is 0.497 e. The molecule has 166 valence electrons. The Hall–Kier alpha value is -3.06. The molecular formula is C25H28N4O2S. The molecule has 0 unspecified atom stereocenters. The van der Waals surface area contributed by atoms with E-state index in [1.807, 2.05) is 24.3 Å². The summed E-state index contributed by atoms with van der Waals surface area (Å²) in [5.74, 6) is 1.65. The molecule has 3 aromatic rings. The standard InChI is InChI=1S/C25H28N4O2S/c1-18-6-3-10-22(14-18)32-25-23(26-11-12-27-25)29-13-5-8-20(17-29)24(30)28-16-19-7-4-9-21(15-19)31-2/h3-4,6-7,9-12,14-15,20H,5,8,13,16-17H2,1-2H3,(H,28,30)/t20-/m0/s1. The van der Waals surface area contributed by atoms with Crippen molar-refractivity contribution in [3.63, 3.8) is 0 Å². The van der Waals surface area contributed by atoms with Gasteiger partial charge in [-0.1, -0.05) is 41.6 Å². The first-order chi connectivity index (χ1) is 15.6. The zero-order valence-corrected chi connectivity index (χ0v) is 19.3. The van der Waals surface area contributed by atoms with Crippen LogP contribution in [0.2, 0.25) is 0 Å². The number of benzene rings is 2. The van der Waals surface area contributed by atoms with Crippen LogP contribution < -0.4 is 15.0 Å². The van der Waals surface area contributed by atoms with Crippen LogP contribution in [0.1, 0.15) is 24.0 Å². The number of amides is 1. The smallest absolute Gasteiger partial charge is 0.225 e. The Morgan fingerprint density at radius 3 is 2.88 bits per heavy atom. The van der Waals surface area contributed by atoms with Crippen molar-refractivity contribution in [2.24, 2.45) is 5.92 Å². The van der Waals surface area contributed by atoms with Crippen molar-refractivity contribution in [1.29, 1.82) is 0 Å². The van der Waals surface area contributed by atoms with Gasteiger partial charge >= 0.3 is 0 Å². The average molecular weight is 449 g/mol. The van der Waals surface area contributed by atoms with Gasteiger partial charge in [0.15, 0.2) is 5.82 Å². The molecule has 1 saturated heterocycles. The fourth-order valence-electron chi connectivity index (χ4n) is 3.90. The zero-order valence-electron chi connectivity index (χ0n) is 18.5. The Morgan fingerprint density at radius 1 is 1.19 bits per heavy atom. The average Bonchev–Trinajstić information content (AvgIpc) is 2.83. The van der Waals surface area contributed by atoms with E-state index in [4.69, 9.17) is 4.74 Å². The van der Waals surface area contributed by atoms with Gasteiger partial charge in [-0.25, -0.2) is 9.97 Å². The molecule has 32 heavy (non-hydrogen) atoms. The molecule has 0 aliphatic carbocycles. The van der Waals surface area contributed by atoms with Gasteiger partial charge < -0.3 is 15.0 Å². The lowest BCUT2D eigenvalue weighted by Crippen LogP contribution is -2.43. The van der Waals surface area contributed by atoms with E-state index >= 15 is 0 Å². The van der Waals surface area contributed by atoms with Gasteiger partial charge in [-0.2, -0.15) is 0 Å². The quantitative estimate of drug-likeness (QED) is 0.575. The van der Waals surface area contributed by atoms with Crippen molar-refractivity contribution in [2.45, 2.75) is 36.2 Å². The number of ether oxygens (including phenoxy) is 1. The van der Waals surface area contributed by atoms with Gasteiger partial charge in [0.1, 0.15) is 10.8 Å². The van der Waals surface area contributed by atoms with Crippen molar-refractivity contribution < 1.29 is 9.53 Å². The Labute approximate surface area is 193 Å². The van der Waals surface area contributed by atoms with E-state index < -0.39 is 0 Å². The Bertz CT molecular complexity index is 1080. The number of aromatic nitrogens is 2. The summed E-state index contributed by atoms with van der Waals surface area (Å²) in [6.45, 7) is 4.09. The first kappa shape index (κ1) is 22.1. The molecule has 0 radical (unpaired) electrons.